The molecular weight excluding hydrogens is 979 g/mol. The Morgan fingerprint density at radius 1 is 0.513 bits per heavy atom. The zero-order valence-electron chi connectivity index (χ0n) is 50.3. The smallest absolute Gasteiger partial charge is 0.306 e. The molecule has 8 unspecified atom stereocenters. The maximum Gasteiger partial charge on any atom is 0.306 e. The second-order valence-electron chi connectivity index (χ2n) is 22.5. The van der Waals surface area contributed by atoms with E-state index in [1.54, 1.807) is 6.08 Å². The van der Waals surface area contributed by atoms with E-state index in [0.29, 0.717) is 19.3 Å². The SMILES string of the molecule is CC/C=C/C=C/C=C/CCCCCCCCCC(=O)OC1C(OCC(NC(=O)C(O)CCCCCCCCCCCCCC/C=C/CCCCCCCC)C(O)/C=C/CCCCCCCCCCCC)OC(CO)C(O)C1O. The number of ether oxygens (including phenoxy) is 3. The average Bonchev–Trinajstić information content (AvgIpc) is 3.45. The molecule has 0 aromatic carbocycles. The van der Waals surface area contributed by atoms with Crippen LogP contribution in [0, 0.1) is 0 Å². The number of carbonyl (C=O) groups excluding carboxylic acids is 2. The lowest BCUT2D eigenvalue weighted by Gasteiger charge is -2.41. The summed E-state index contributed by atoms with van der Waals surface area (Å²) in [4.78, 5) is 26.6. The fraction of sp³-hybridized carbons (Fsp3) is 0.821. The van der Waals surface area contributed by atoms with Gasteiger partial charge in [0.1, 0.15) is 24.4 Å². The number of aliphatic hydroxyl groups is 5. The summed E-state index contributed by atoms with van der Waals surface area (Å²) in [5.74, 6) is -1.20. The van der Waals surface area contributed by atoms with Crippen LogP contribution in [0.1, 0.15) is 290 Å². The number of rotatable bonds is 55. The molecule has 1 amide bonds. The lowest BCUT2D eigenvalue weighted by Crippen LogP contribution is -2.61. The molecule has 0 saturated carbocycles. The molecule has 1 aliphatic heterocycles. The lowest BCUT2D eigenvalue weighted by molar-refractivity contribution is -0.305. The molecule has 11 nitrogen and oxygen atoms in total. The van der Waals surface area contributed by atoms with Gasteiger partial charge < -0.3 is 45.1 Å². The van der Waals surface area contributed by atoms with E-state index in [1.807, 2.05) is 12.2 Å². The Bertz CT molecular complexity index is 1500. The van der Waals surface area contributed by atoms with Gasteiger partial charge in [-0.1, -0.05) is 274 Å². The second kappa shape index (κ2) is 54.9. The first kappa shape index (κ1) is 73.4. The van der Waals surface area contributed by atoms with Gasteiger partial charge in [-0.25, -0.2) is 0 Å². The fourth-order valence-electron chi connectivity index (χ4n) is 10.1. The molecule has 1 fully saturated rings. The Labute approximate surface area is 478 Å². The molecule has 1 aliphatic rings. The molecule has 8 atom stereocenters. The first-order valence-corrected chi connectivity index (χ1v) is 32.6. The molecule has 454 valence electrons. The maximum absolute atomic E-state index is 13.4. The molecule has 0 radical (unpaired) electrons. The van der Waals surface area contributed by atoms with E-state index in [9.17, 15) is 35.1 Å². The Hall–Kier alpha value is -2.64. The highest BCUT2D eigenvalue weighted by Crippen LogP contribution is 2.26. The van der Waals surface area contributed by atoms with Crippen molar-refractivity contribution in [1.29, 1.82) is 0 Å². The van der Waals surface area contributed by atoms with Gasteiger partial charge in [-0.3, -0.25) is 9.59 Å². The predicted molar refractivity (Wildman–Crippen MR) is 324 cm³/mol. The molecule has 0 aromatic rings. The van der Waals surface area contributed by atoms with Crippen LogP contribution in [0.25, 0.3) is 0 Å². The Morgan fingerprint density at radius 3 is 1.41 bits per heavy atom. The minimum atomic E-state index is -1.62. The maximum atomic E-state index is 13.4. The van der Waals surface area contributed by atoms with Crippen molar-refractivity contribution in [1.82, 2.24) is 5.32 Å². The largest absolute Gasteiger partial charge is 0.454 e. The summed E-state index contributed by atoms with van der Waals surface area (Å²) in [6.07, 6.45) is 58.3. The Kier molecular flexibility index (Phi) is 51.7. The molecule has 1 heterocycles. The van der Waals surface area contributed by atoms with Crippen molar-refractivity contribution in [3.63, 3.8) is 0 Å². The van der Waals surface area contributed by atoms with Crippen LogP contribution in [0.5, 0.6) is 0 Å². The van der Waals surface area contributed by atoms with Crippen LogP contribution >= 0.6 is 0 Å². The number of hydrogen-bond donors (Lipinski definition) is 6. The van der Waals surface area contributed by atoms with Gasteiger partial charge in [-0.15, -0.1) is 0 Å². The van der Waals surface area contributed by atoms with Crippen LogP contribution in [0.3, 0.4) is 0 Å². The molecule has 0 aromatic heterocycles. The van der Waals surface area contributed by atoms with Gasteiger partial charge in [-0.05, 0) is 70.6 Å². The van der Waals surface area contributed by atoms with Crippen LogP contribution in [-0.2, 0) is 23.8 Å². The van der Waals surface area contributed by atoms with Gasteiger partial charge in [0, 0.05) is 6.42 Å². The molecular formula is C67H121NO10. The number of aliphatic hydroxyl groups excluding tert-OH is 5. The van der Waals surface area contributed by atoms with Crippen molar-refractivity contribution in [3.05, 3.63) is 60.8 Å². The highest BCUT2D eigenvalue weighted by atomic mass is 16.7. The first-order valence-electron chi connectivity index (χ1n) is 32.6. The van der Waals surface area contributed by atoms with Crippen molar-refractivity contribution >= 4 is 11.9 Å². The Balaban J connectivity index is 2.63. The van der Waals surface area contributed by atoms with Crippen molar-refractivity contribution in [2.45, 2.75) is 339 Å². The molecule has 1 saturated heterocycles. The predicted octanol–water partition coefficient (Wildman–Crippen LogP) is 15.8. The van der Waals surface area contributed by atoms with Crippen LogP contribution in [0.2, 0.25) is 0 Å². The Morgan fingerprint density at radius 2 is 0.936 bits per heavy atom. The van der Waals surface area contributed by atoms with Crippen LogP contribution in [0.15, 0.2) is 60.8 Å². The van der Waals surface area contributed by atoms with Crippen LogP contribution < -0.4 is 5.32 Å². The van der Waals surface area contributed by atoms with Crippen molar-refractivity contribution < 1.29 is 49.3 Å². The summed E-state index contributed by atoms with van der Waals surface area (Å²) in [5.41, 5.74) is 0. The van der Waals surface area contributed by atoms with Gasteiger partial charge in [0.25, 0.3) is 0 Å². The van der Waals surface area contributed by atoms with E-state index in [1.165, 1.54) is 154 Å². The van der Waals surface area contributed by atoms with E-state index in [0.717, 1.165) is 89.9 Å². The van der Waals surface area contributed by atoms with Gasteiger partial charge in [0.15, 0.2) is 12.4 Å². The normalized spacial score (nSPS) is 19.3. The number of allylic oxidation sites excluding steroid dienone is 9. The van der Waals surface area contributed by atoms with E-state index < -0.39 is 67.4 Å². The topological polar surface area (TPSA) is 175 Å². The monoisotopic (exact) mass is 1100 g/mol. The fourth-order valence-corrected chi connectivity index (χ4v) is 10.1. The summed E-state index contributed by atoms with van der Waals surface area (Å²) in [6.45, 7) is 5.67. The summed E-state index contributed by atoms with van der Waals surface area (Å²) in [7, 11) is 0. The second-order valence-corrected chi connectivity index (χ2v) is 22.5. The molecule has 6 N–H and O–H groups in total. The van der Waals surface area contributed by atoms with Crippen molar-refractivity contribution in [2.75, 3.05) is 13.2 Å². The molecule has 78 heavy (non-hydrogen) atoms. The number of hydrogen-bond acceptors (Lipinski definition) is 10. The van der Waals surface area contributed by atoms with Gasteiger partial charge in [0.2, 0.25) is 5.91 Å². The van der Waals surface area contributed by atoms with E-state index in [-0.39, 0.29) is 13.0 Å². The number of esters is 1. The van der Waals surface area contributed by atoms with Gasteiger partial charge in [0.05, 0.1) is 25.4 Å². The number of amides is 1. The summed E-state index contributed by atoms with van der Waals surface area (Å²) >= 11 is 0. The molecule has 0 spiro atoms. The quantitative estimate of drug-likeness (QED) is 0.0149. The van der Waals surface area contributed by atoms with Crippen LogP contribution in [0.4, 0.5) is 0 Å². The zero-order valence-corrected chi connectivity index (χ0v) is 50.3. The van der Waals surface area contributed by atoms with E-state index in [2.05, 4.69) is 68.6 Å². The number of carbonyl (C=O) groups is 2. The highest BCUT2D eigenvalue weighted by molar-refractivity contribution is 5.80. The van der Waals surface area contributed by atoms with Crippen molar-refractivity contribution in [2.24, 2.45) is 0 Å². The standard InChI is InChI=1S/C67H121NO10/c1-4-7-10-13-16-19-22-25-27-28-29-30-31-32-33-35-36-39-42-45-48-51-54-60(71)66(75)68-58(59(70)53-50-47-44-41-38-24-21-18-15-12-9-6-3)57-76-67-65(64(74)63(73)61(56-69)77-67)78-62(72)55-52-49-46-43-40-37-34-26-23-20-17-14-11-8-5-2/h8,11,14,17,20,23,25,27,50,53,58-61,63-65,67,69-71,73-74H,4-7,9-10,12-13,15-16,18-19,21-22,24,26,28-49,51-52,54-57H2,1-3H3,(H,68,75)/b11-8+,17-14+,23-20+,27-25+,53-50+. The molecule has 1 rings (SSSR count). The summed E-state index contributed by atoms with van der Waals surface area (Å²) < 4.78 is 17.6. The van der Waals surface area contributed by atoms with Gasteiger partial charge in [-0.2, -0.15) is 0 Å². The van der Waals surface area contributed by atoms with Crippen molar-refractivity contribution in [3.8, 4) is 0 Å². The summed E-state index contributed by atoms with van der Waals surface area (Å²) in [6, 6.07) is -1.03. The third-order valence-corrected chi connectivity index (χ3v) is 15.2. The first-order chi connectivity index (χ1) is 38.2. The molecule has 0 bridgehead atoms. The molecule has 11 heteroatoms. The lowest BCUT2D eigenvalue weighted by atomic mass is 9.99. The van der Waals surface area contributed by atoms with E-state index >= 15 is 0 Å². The van der Waals surface area contributed by atoms with Gasteiger partial charge >= 0.3 is 5.97 Å². The third-order valence-electron chi connectivity index (χ3n) is 15.2. The number of nitrogens with one attached hydrogen (secondary N) is 1. The minimum absolute atomic E-state index is 0.110. The summed E-state index contributed by atoms with van der Waals surface area (Å²) in [5, 5.41) is 57.0. The average molecular weight is 1100 g/mol. The number of unbranched alkanes of at least 4 members (excludes halogenated alkanes) is 35. The third kappa shape index (κ3) is 42.2. The van der Waals surface area contributed by atoms with Crippen LogP contribution in [-0.4, -0.2) is 99.6 Å². The zero-order chi connectivity index (χ0) is 56.8. The molecule has 0 aliphatic carbocycles. The van der Waals surface area contributed by atoms with E-state index in [4.69, 9.17) is 14.2 Å². The minimum Gasteiger partial charge on any atom is -0.454 e. The highest BCUT2D eigenvalue weighted by Gasteiger charge is 2.47.